The molecule has 15 heavy (non-hydrogen) atoms. The van der Waals surface area contributed by atoms with E-state index in [9.17, 15) is 9.90 Å². The quantitative estimate of drug-likeness (QED) is 0.731. The van der Waals surface area contributed by atoms with Gasteiger partial charge in [-0.1, -0.05) is 13.8 Å². The molecule has 4 heteroatoms. The van der Waals surface area contributed by atoms with Crippen LogP contribution in [0.3, 0.4) is 0 Å². The minimum Gasteiger partial charge on any atom is -0.465 e. The fraction of sp³-hybridized carbons (Fsp3) is 0.909. The minimum atomic E-state index is -0.898. The zero-order valence-electron chi connectivity index (χ0n) is 9.31. The Hall–Kier alpha value is -0.770. The Kier molecular flexibility index (Phi) is 2.41. The molecule has 1 aliphatic carbocycles. The highest BCUT2D eigenvalue weighted by Gasteiger charge is 2.56. The summed E-state index contributed by atoms with van der Waals surface area (Å²) in [7, 11) is 0. The normalized spacial score (nSPS) is 36.3. The van der Waals surface area contributed by atoms with Crippen LogP contribution in [0.4, 0.5) is 4.79 Å². The monoisotopic (exact) mass is 213 g/mol. The van der Waals surface area contributed by atoms with E-state index in [1.807, 2.05) is 13.8 Å². The summed E-state index contributed by atoms with van der Waals surface area (Å²) in [4.78, 5) is 12.5. The molecular weight excluding hydrogens is 194 g/mol. The Bertz CT molecular complexity index is 275. The van der Waals surface area contributed by atoms with Gasteiger partial charge in [-0.15, -0.1) is 0 Å². The van der Waals surface area contributed by atoms with Crippen LogP contribution in [0, 0.1) is 11.8 Å². The highest BCUT2D eigenvalue weighted by Crippen LogP contribution is 2.49. The number of aliphatic hydroxyl groups is 1. The van der Waals surface area contributed by atoms with Crippen molar-refractivity contribution in [1.29, 1.82) is 0 Å². The van der Waals surface area contributed by atoms with E-state index in [1.165, 1.54) is 4.90 Å². The first-order chi connectivity index (χ1) is 6.97. The molecule has 0 aromatic carbocycles. The zero-order valence-corrected chi connectivity index (χ0v) is 9.31. The van der Waals surface area contributed by atoms with E-state index in [0.29, 0.717) is 18.9 Å². The molecule has 2 N–H and O–H groups in total. The second kappa shape index (κ2) is 3.37. The molecule has 1 saturated heterocycles. The third-order valence-corrected chi connectivity index (χ3v) is 3.76. The largest absolute Gasteiger partial charge is 0.465 e. The first-order valence-corrected chi connectivity index (χ1v) is 5.68. The van der Waals surface area contributed by atoms with E-state index in [2.05, 4.69) is 0 Å². The summed E-state index contributed by atoms with van der Waals surface area (Å²) < 4.78 is 0. The maximum atomic E-state index is 11.1. The molecule has 2 atom stereocenters. The van der Waals surface area contributed by atoms with Crippen molar-refractivity contribution >= 4 is 6.09 Å². The van der Waals surface area contributed by atoms with Crippen LogP contribution in [0.5, 0.6) is 0 Å². The van der Waals surface area contributed by atoms with Crippen LogP contribution in [0.2, 0.25) is 0 Å². The van der Waals surface area contributed by atoms with Gasteiger partial charge in [0.15, 0.2) is 0 Å². The predicted molar refractivity (Wildman–Crippen MR) is 55.6 cm³/mol. The van der Waals surface area contributed by atoms with Crippen molar-refractivity contribution in [2.45, 2.75) is 44.8 Å². The van der Waals surface area contributed by atoms with Gasteiger partial charge in [0.05, 0.1) is 11.6 Å². The molecule has 0 bridgehead atoms. The summed E-state index contributed by atoms with van der Waals surface area (Å²) in [5.74, 6) is 0.503. The van der Waals surface area contributed by atoms with Crippen LogP contribution in [-0.2, 0) is 0 Å². The van der Waals surface area contributed by atoms with Crippen molar-refractivity contribution in [3.63, 3.8) is 0 Å². The number of nitrogens with zero attached hydrogens (tertiary/aromatic N) is 1. The molecule has 86 valence electrons. The highest BCUT2D eigenvalue weighted by molar-refractivity contribution is 5.66. The Labute approximate surface area is 89.9 Å². The van der Waals surface area contributed by atoms with Gasteiger partial charge in [0.1, 0.15) is 0 Å². The fourth-order valence-electron chi connectivity index (χ4n) is 3.04. The first-order valence-electron chi connectivity index (χ1n) is 5.68. The van der Waals surface area contributed by atoms with Crippen molar-refractivity contribution in [3.05, 3.63) is 0 Å². The molecule has 0 unspecified atom stereocenters. The van der Waals surface area contributed by atoms with Crippen LogP contribution in [-0.4, -0.2) is 39.4 Å². The summed E-state index contributed by atoms with van der Waals surface area (Å²) in [5, 5.41) is 19.7. The van der Waals surface area contributed by atoms with E-state index in [0.717, 1.165) is 12.8 Å². The highest BCUT2D eigenvalue weighted by atomic mass is 16.4. The van der Waals surface area contributed by atoms with Crippen molar-refractivity contribution in [2.24, 2.45) is 11.8 Å². The van der Waals surface area contributed by atoms with E-state index >= 15 is 0 Å². The van der Waals surface area contributed by atoms with Gasteiger partial charge in [0.2, 0.25) is 0 Å². The number of hydrogen-bond acceptors (Lipinski definition) is 2. The third kappa shape index (κ3) is 1.61. The van der Waals surface area contributed by atoms with Gasteiger partial charge in [-0.25, -0.2) is 4.79 Å². The first kappa shape index (κ1) is 10.7. The van der Waals surface area contributed by atoms with Gasteiger partial charge < -0.3 is 15.1 Å². The number of amides is 1. The Morgan fingerprint density at radius 2 is 2.07 bits per heavy atom. The Morgan fingerprint density at radius 3 is 2.47 bits per heavy atom. The molecule has 1 heterocycles. The standard InChI is InChI=1S/C11H19NO3/c1-7(2)9-11(15,8-3-4-8)5-6-12(9)10(13)14/h7-9,15H,3-6H2,1-2H3,(H,13,14)/t9-,11-/m0/s1. The Morgan fingerprint density at radius 1 is 1.47 bits per heavy atom. The summed E-state index contributed by atoms with van der Waals surface area (Å²) in [6, 6.07) is -0.220. The number of carbonyl (C=O) groups is 1. The van der Waals surface area contributed by atoms with Crippen molar-refractivity contribution in [3.8, 4) is 0 Å². The van der Waals surface area contributed by atoms with Gasteiger partial charge in [-0.05, 0) is 31.1 Å². The minimum absolute atomic E-state index is 0.175. The lowest BCUT2D eigenvalue weighted by atomic mass is 9.83. The number of hydrogen-bond donors (Lipinski definition) is 2. The average molecular weight is 213 g/mol. The van der Waals surface area contributed by atoms with Crippen molar-refractivity contribution in [1.82, 2.24) is 4.90 Å². The van der Waals surface area contributed by atoms with Gasteiger partial charge >= 0.3 is 6.09 Å². The average Bonchev–Trinajstić information content (AvgIpc) is 2.90. The summed E-state index contributed by atoms with van der Waals surface area (Å²) in [5.41, 5.74) is -0.757. The molecule has 1 saturated carbocycles. The van der Waals surface area contributed by atoms with Crippen LogP contribution in [0.1, 0.15) is 33.1 Å². The number of likely N-dealkylation sites (tertiary alicyclic amines) is 1. The SMILES string of the molecule is CC(C)[C@@H]1N(C(=O)O)CC[C@]1(O)C1CC1. The topological polar surface area (TPSA) is 60.8 Å². The van der Waals surface area contributed by atoms with E-state index < -0.39 is 11.7 Å². The maximum Gasteiger partial charge on any atom is 0.407 e. The lowest BCUT2D eigenvalue weighted by Gasteiger charge is -2.36. The predicted octanol–water partition coefficient (Wildman–Crippen LogP) is 1.54. The smallest absolute Gasteiger partial charge is 0.407 e. The fourth-order valence-corrected chi connectivity index (χ4v) is 3.04. The molecule has 0 aromatic heterocycles. The van der Waals surface area contributed by atoms with Gasteiger partial charge in [0.25, 0.3) is 0 Å². The van der Waals surface area contributed by atoms with Crippen LogP contribution >= 0.6 is 0 Å². The molecule has 1 amide bonds. The second-order valence-electron chi connectivity index (χ2n) is 5.18. The lowest BCUT2D eigenvalue weighted by Crippen LogP contribution is -2.51. The van der Waals surface area contributed by atoms with Gasteiger partial charge in [-0.3, -0.25) is 0 Å². The molecule has 1 aliphatic heterocycles. The van der Waals surface area contributed by atoms with E-state index in [4.69, 9.17) is 5.11 Å². The van der Waals surface area contributed by atoms with E-state index in [-0.39, 0.29) is 12.0 Å². The van der Waals surface area contributed by atoms with Gasteiger partial charge in [-0.2, -0.15) is 0 Å². The molecule has 0 spiro atoms. The van der Waals surface area contributed by atoms with Crippen molar-refractivity contribution < 1.29 is 15.0 Å². The number of rotatable bonds is 2. The molecule has 0 radical (unpaired) electrons. The Balaban J connectivity index is 2.23. The lowest BCUT2D eigenvalue weighted by molar-refractivity contribution is -0.0298. The summed E-state index contributed by atoms with van der Waals surface area (Å²) in [6.07, 6.45) is 1.80. The van der Waals surface area contributed by atoms with Crippen LogP contribution in [0.25, 0.3) is 0 Å². The van der Waals surface area contributed by atoms with Gasteiger partial charge in [0, 0.05) is 6.54 Å². The molecule has 2 fully saturated rings. The van der Waals surface area contributed by atoms with Crippen LogP contribution in [0.15, 0.2) is 0 Å². The molecule has 2 rings (SSSR count). The third-order valence-electron chi connectivity index (χ3n) is 3.76. The van der Waals surface area contributed by atoms with Crippen LogP contribution < -0.4 is 0 Å². The number of carboxylic acid groups (broad SMARTS) is 1. The summed E-state index contributed by atoms with van der Waals surface area (Å²) in [6.45, 7) is 4.45. The second-order valence-corrected chi connectivity index (χ2v) is 5.18. The molecular formula is C11H19NO3. The zero-order chi connectivity index (χ0) is 11.2. The maximum absolute atomic E-state index is 11.1. The summed E-state index contributed by atoms with van der Waals surface area (Å²) >= 11 is 0. The van der Waals surface area contributed by atoms with Crippen molar-refractivity contribution in [2.75, 3.05) is 6.54 Å². The molecule has 2 aliphatic rings. The van der Waals surface area contributed by atoms with E-state index in [1.54, 1.807) is 0 Å². The molecule has 0 aromatic rings. The molecule has 4 nitrogen and oxygen atoms in total.